The molecule has 140 valence electrons. The molecule has 1 amide bonds. The minimum Gasteiger partial charge on any atom is -0.399 e. The lowest BCUT2D eigenvalue weighted by atomic mass is 10.0. The number of hydrogen-bond acceptors (Lipinski definition) is 5. The van der Waals surface area contributed by atoms with Gasteiger partial charge in [-0.15, -0.1) is 0 Å². The molecule has 0 radical (unpaired) electrons. The molecule has 1 aliphatic heterocycles. The Hall–Kier alpha value is -2.43. The lowest BCUT2D eigenvalue weighted by Crippen LogP contribution is -2.59. The van der Waals surface area contributed by atoms with Crippen LogP contribution in [0.5, 0.6) is 0 Å². The Morgan fingerprint density at radius 1 is 1.31 bits per heavy atom. The third kappa shape index (κ3) is 3.71. The highest BCUT2D eigenvalue weighted by molar-refractivity contribution is 7.89. The molecule has 0 bridgehead atoms. The molecule has 8 nitrogen and oxygen atoms in total. The van der Waals surface area contributed by atoms with Gasteiger partial charge in [-0.1, -0.05) is 0 Å². The van der Waals surface area contributed by atoms with E-state index in [1.165, 1.54) is 22.9 Å². The minimum atomic E-state index is -3.81. The summed E-state index contributed by atoms with van der Waals surface area (Å²) in [5.74, 6) is -1.17. The number of nitrogens with zero attached hydrogens (tertiary/aromatic N) is 1. The highest BCUT2D eigenvalue weighted by Crippen LogP contribution is 2.22. The molecule has 1 aromatic heterocycles. The number of hydrogen-bond donors (Lipinski definition) is 3. The number of carbonyl (C=O) groups is 1. The molecule has 1 saturated heterocycles. The van der Waals surface area contributed by atoms with E-state index in [4.69, 9.17) is 10.5 Å². The Morgan fingerprint density at radius 3 is 2.58 bits per heavy atom. The maximum atomic E-state index is 13.4. The average Bonchev–Trinajstić information content (AvgIpc) is 2.87. The largest absolute Gasteiger partial charge is 0.399 e. The molecule has 1 aromatic carbocycles. The van der Waals surface area contributed by atoms with Crippen molar-refractivity contribution >= 4 is 27.3 Å². The number of halogens is 1. The fourth-order valence-electron chi connectivity index (χ4n) is 2.64. The molecule has 1 aliphatic rings. The summed E-state index contributed by atoms with van der Waals surface area (Å²) in [7, 11) is -2.27. The van der Waals surface area contributed by atoms with Crippen LogP contribution < -0.4 is 15.8 Å². The summed E-state index contributed by atoms with van der Waals surface area (Å²) < 4.78 is 47.4. The first-order valence-corrected chi connectivity index (χ1v) is 9.22. The van der Waals surface area contributed by atoms with Crippen LogP contribution in [0.15, 0.2) is 35.4 Å². The van der Waals surface area contributed by atoms with Crippen molar-refractivity contribution in [2.24, 2.45) is 7.05 Å². The van der Waals surface area contributed by atoms with E-state index in [0.717, 1.165) is 12.1 Å². The Kier molecular flexibility index (Phi) is 4.51. The first kappa shape index (κ1) is 18.4. The van der Waals surface area contributed by atoms with E-state index in [1.54, 1.807) is 14.0 Å². The minimum absolute atomic E-state index is 0.0444. The summed E-state index contributed by atoms with van der Waals surface area (Å²) in [5, 5.41) is 2.50. The van der Waals surface area contributed by atoms with Gasteiger partial charge in [0.05, 0.1) is 18.8 Å². The van der Waals surface area contributed by atoms with Crippen LogP contribution in [0.25, 0.3) is 0 Å². The number of amides is 1. The van der Waals surface area contributed by atoms with Crippen LogP contribution in [0, 0.1) is 5.82 Å². The topological polar surface area (TPSA) is 115 Å². The second kappa shape index (κ2) is 6.38. The lowest BCUT2D eigenvalue weighted by molar-refractivity contribution is -0.0523. The third-order valence-corrected chi connectivity index (χ3v) is 5.53. The monoisotopic (exact) mass is 382 g/mol. The molecule has 2 heterocycles. The van der Waals surface area contributed by atoms with Gasteiger partial charge in [0.25, 0.3) is 5.91 Å². The predicted octanol–water partition coefficient (Wildman–Crippen LogP) is 1.07. The zero-order valence-corrected chi connectivity index (χ0v) is 15.1. The number of carbonyl (C=O) groups excluding carboxylic acids is 1. The maximum Gasteiger partial charge on any atom is 0.272 e. The van der Waals surface area contributed by atoms with Gasteiger partial charge >= 0.3 is 0 Å². The predicted molar refractivity (Wildman–Crippen MR) is 93.7 cm³/mol. The van der Waals surface area contributed by atoms with Crippen LogP contribution in [-0.4, -0.2) is 37.6 Å². The number of sulfonamides is 1. The summed E-state index contributed by atoms with van der Waals surface area (Å²) in [4.78, 5) is 12.4. The normalized spacial score (nSPS) is 16.1. The number of nitrogens with two attached hydrogens (primary N) is 1. The van der Waals surface area contributed by atoms with Gasteiger partial charge in [-0.2, -0.15) is 0 Å². The molecule has 3 rings (SSSR count). The van der Waals surface area contributed by atoms with Crippen molar-refractivity contribution in [3.8, 4) is 0 Å². The smallest absolute Gasteiger partial charge is 0.272 e. The first-order chi connectivity index (χ1) is 12.1. The van der Waals surface area contributed by atoms with Crippen LogP contribution in [0.3, 0.4) is 0 Å². The SMILES string of the molecule is Cn1cc(S(=O)(=O)NC2(C)COC2)cc1C(=O)Nc1cc(N)cc(F)c1. The number of aromatic nitrogens is 1. The molecule has 26 heavy (non-hydrogen) atoms. The van der Waals surface area contributed by atoms with Crippen molar-refractivity contribution in [3.63, 3.8) is 0 Å². The second-order valence-corrected chi connectivity index (χ2v) is 8.24. The molecule has 2 aromatic rings. The van der Waals surface area contributed by atoms with Crippen molar-refractivity contribution in [1.82, 2.24) is 9.29 Å². The number of aryl methyl sites for hydroxylation is 1. The van der Waals surface area contributed by atoms with Crippen LogP contribution >= 0.6 is 0 Å². The quantitative estimate of drug-likeness (QED) is 0.669. The van der Waals surface area contributed by atoms with E-state index in [9.17, 15) is 17.6 Å². The second-order valence-electron chi connectivity index (χ2n) is 6.56. The Bertz CT molecular complexity index is 946. The first-order valence-electron chi connectivity index (χ1n) is 7.73. The average molecular weight is 382 g/mol. The van der Waals surface area contributed by atoms with Crippen molar-refractivity contribution in [3.05, 3.63) is 42.0 Å². The summed E-state index contributed by atoms with van der Waals surface area (Å²) in [6.07, 6.45) is 1.33. The number of nitrogens with one attached hydrogen (secondary N) is 2. The Labute approximate surface area is 150 Å². The zero-order chi connectivity index (χ0) is 19.1. The molecule has 1 fully saturated rings. The molecule has 0 unspecified atom stereocenters. The summed E-state index contributed by atoms with van der Waals surface area (Å²) in [6.45, 7) is 2.31. The van der Waals surface area contributed by atoms with Gasteiger partial charge < -0.3 is 20.4 Å². The molecular weight excluding hydrogens is 363 g/mol. The summed E-state index contributed by atoms with van der Waals surface area (Å²) in [6, 6.07) is 4.90. The van der Waals surface area contributed by atoms with Crippen LogP contribution in [0.4, 0.5) is 15.8 Å². The summed E-state index contributed by atoms with van der Waals surface area (Å²) >= 11 is 0. The molecule has 4 N–H and O–H groups in total. The van der Waals surface area contributed by atoms with E-state index >= 15 is 0 Å². The van der Waals surface area contributed by atoms with Gasteiger partial charge in [-0.05, 0) is 31.2 Å². The molecule has 0 saturated carbocycles. The zero-order valence-electron chi connectivity index (χ0n) is 14.2. The van der Waals surface area contributed by atoms with Crippen molar-refractivity contribution in [2.75, 3.05) is 24.3 Å². The lowest BCUT2D eigenvalue weighted by Gasteiger charge is -2.38. The molecule has 0 atom stereocenters. The molecular formula is C16H19FN4O4S. The van der Waals surface area contributed by atoms with E-state index in [0.29, 0.717) is 0 Å². The number of rotatable bonds is 5. The van der Waals surface area contributed by atoms with Gasteiger partial charge in [-0.25, -0.2) is 17.5 Å². The third-order valence-electron chi connectivity index (χ3n) is 3.92. The van der Waals surface area contributed by atoms with Crippen LogP contribution in [-0.2, 0) is 21.8 Å². The fourth-order valence-corrected chi connectivity index (χ4v) is 4.09. The molecule has 0 spiro atoms. The van der Waals surface area contributed by atoms with Crippen molar-refractivity contribution in [2.45, 2.75) is 17.4 Å². The van der Waals surface area contributed by atoms with Gasteiger partial charge in [0.1, 0.15) is 16.4 Å². The van der Waals surface area contributed by atoms with E-state index in [-0.39, 0.29) is 35.2 Å². The number of nitrogen functional groups attached to an aromatic ring is 1. The molecule has 0 aliphatic carbocycles. The highest BCUT2D eigenvalue weighted by atomic mass is 32.2. The number of anilines is 2. The highest BCUT2D eigenvalue weighted by Gasteiger charge is 2.38. The van der Waals surface area contributed by atoms with Gasteiger partial charge in [0.15, 0.2) is 0 Å². The van der Waals surface area contributed by atoms with Crippen molar-refractivity contribution in [1.29, 1.82) is 0 Å². The van der Waals surface area contributed by atoms with Gasteiger partial charge in [0, 0.05) is 24.6 Å². The van der Waals surface area contributed by atoms with E-state index in [1.807, 2.05) is 0 Å². The van der Waals surface area contributed by atoms with Crippen LogP contribution in [0.1, 0.15) is 17.4 Å². The van der Waals surface area contributed by atoms with Crippen LogP contribution in [0.2, 0.25) is 0 Å². The fraction of sp³-hybridized carbons (Fsp3) is 0.312. The van der Waals surface area contributed by atoms with E-state index < -0.39 is 27.3 Å². The Morgan fingerprint density at radius 2 is 2.00 bits per heavy atom. The standard InChI is InChI=1S/C16H19FN4O4S/c1-16(8-25-9-16)20-26(23,24)13-6-14(21(2)7-13)15(22)19-12-4-10(17)3-11(18)5-12/h3-7,20H,8-9,18H2,1-2H3,(H,19,22). The van der Waals surface area contributed by atoms with Gasteiger partial charge in [-0.3, -0.25) is 4.79 Å². The Balaban J connectivity index is 1.82. The molecule has 10 heteroatoms. The van der Waals surface area contributed by atoms with Gasteiger partial charge in [0.2, 0.25) is 10.0 Å². The number of benzene rings is 1. The van der Waals surface area contributed by atoms with E-state index in [2.05, 4.69) is 10.0 Å². The maximum absolute atomic E-state index is 13.4. The number of ether oxygens (including phenoxy) is 1. The van der Waals surface area contributed by atoms with Crippen molar-refractivity contribution < 1.29 is 22.3 Å². The summed E-state index contributed by atoms with van der Waals surface area (Å²) in [5.41, 5.74) is 5.33.